The number of aromatic nitrogens is 2. The second kappa shape index (κ2) is 5.89. The van der Waals surface area contributed by atoms with Gasteiger partial charge in [0.15, 0.2) is 0 Å². The number of rotatable bonds is 4. The summed E-state index contributed by atoms with van der Waals surface area (Å²) in [7, 11) is 1.93. The van der Waals surface area contributed by atoms with Crippen molar-refractivity contribution in [2.45, 2.75) is 12.5 Å². The molecule has 0 spiro atoms. The highest BCUT2D eigenvalue weighted by Gasteiger charge is 2.13. The Morgan fingerprint density at radius 2 is 1.88 bits per heavy atom. The molecule has 1 atom stereocenters. The third-order valence-electron chi connectivity index (χ3n) is 2.63. The molecular weight excluding hydrogens is 278 g/mol. The minimum Gasteiger partial charge on any atom is -0.310 e. The second-order valence-corrected chi connectivity index (χ2v) is 4.60. The molecule has 2 aromatic rings. The van der Waals surface area contributed by atoms with E-state index in [1.54, 1.807) is 12.4 Å². The van der Waals surface area contributed by atoms with Crippen LogP contribution in [-0.4, -0.2) is 17.0 Å². The van der Waals surface area contributed by atoms with Crippen LogP contribution in [0.5, 0.6) is 0 Å². The van der Waals surface area contributed by atoms with Crippen molar-refractivity contribution in [2.24, 2.45) is 0 Å². The van der Waals surface area contributed by atoms with Crippen LogP contribution in [0.15, 0.2) is 47.2 Å². The summed E-state index contributed by atoms with van der Waals surface area (Å²) < 4.78 is 1.12. The Bertz CT molecular complexity index is 473. The Morgan fingerprint density at radius 3 is 2.53 bits per heavy atom. The number of hydrogen-bond acceptors (Lipinski definition) is 3. The molecule has 88 valence electrons. The van der Waals surface area contributed by atoms with E-state index in [1.807, 2.05) is 31.3 Å². The Morgan fingerprint density at radius 1 is 1.18 bits per heavy atom. The predicted octanol–water partition coefficient (Wildman–Crippen LogP) is 2.74. The number of nitrogens with one attached hydrogen (secondary N) is 1. The van der Waals surface area contributed by atoms with Gasteiger partial charge >= 0.3 is 0 Å². The summed E-state index contributed by atoms with van der Waals surface area (Å²) in [6.45, 7) is 0. The molecule has 0 bridgehead atoms. The fourth-order valence-corrected chi connectivity index (χ4v) is 2.14. The van der Waals surface area contributed by atoms with Gasteiger partial charge in [-0.3, -0.25) is 0 Å². The molecule has 0 aliphatic carbocycles. The summed E-state index contributed by atoms with van der Waals surface area (Å²) in [5.41, 5.74) is 1.25. The maximum absolute atomic E-state index is 4.29. The lowest BCUT2D eigenvalue weighted by atomic mass is 10.1. The van der Waals surface area contributed by atoms with Crippen molar-refractivity contribution >= 4 is 15.9 Å². The van der Waals surface area contributed by atoms with Gasteiger partial charge in [0.25, 0.3) is 0 Å². The van der Waals surface area contributed by atoms with Gasteiger partial charge in [0.1, 0.15) is 5.82 Å². The molecular formula is C13H14BrN3. The molecule has 4 heteroatoms. The van der Waals surface area contributed by atoms with Gasteiger partial charge in [-0.2, -0.15) is 0 Å². The molecule has 1 unspecified atom stereocenters. The highest BCUT2D eigenvalue weighted by atomic mass is 79.9. The molecule has 0 amide bonds. The van der Waals surface area contributed by atoms with Crippen LogP contribution in [0.4, 0.5) is 0 Å². The van der Waals surface area contributed by atoms with E-state index in [-0.39, 0.29) is 6.04 Å². The molecule has 3 nitrogen and oxygen atoms in total. The monoisotopic (exact) mass is 291 g/mol. The molecule has 2 rings (SSSR count). The summed E-state index contributed by atoms with van der Waals surface area (Å²) in [4.78, 5) is 8.57. The van der Waals surface area contributed by atoms with Crippen LogP contribution in [0.3, 0.4) is 0 Å². The van der Waals surface area contributed by atoms with Gasteiger partial charge in [0.05, 0.1) is 6.04 Å². The zero-order valence-electron chi connectivity index (χ0n) is 9.60. The van der Waals surface area contributed by atoms with E-state index in [9.17, 15) is 0 Å². The number of halogens is 1. The van der Waals surface area contributed by atoms with Crippen molar-refractivity contribution in [1.82, 2.24) is 15.3 Å². The number of benzene rings is 1. The fourth-order valence-electron chi connectivity index (χ4n) is 1.70. The molecule has 17 heavy (non-hydrogen) atoms. The van der Waals surface area contributed by atoms with Gasteiger partial charge < -0.3 is 5.32 Å². The maximum atomic E-state index is 4.29. The number of nitrogens with zero attached hydrogens (tertiary/aromatic N) is 2. The van der Waals surface area contributed by atoms with Crippen LogP contribution in [0.1, 0.15) is 17.4 Å². The third-order valence-corrected chi connectivity index (χ3v) is 3.40. The van der Waals surface area contributed by atoms with Gasteiger partial charge in [-0.15, -0.1) is 0 Å². The summed E-state index contributed by atoms with van der Waals surface area (Å²) in [6.07, 6.45) is 4.40. The molecule has 1 aromatic carbocycles. The highest BCUT2D eigenvalue weighted by Crippen LogP contribution is 2.21. The van der Waals surface area contributed by atoms with E-state index < -0.39 is 0 Å². The Kier molecular flexibility index (Phi) is 4.23. The van der Waals surface area contributed by atoms with Crippen LogP contribution in [0.2, 0.25) is 0 Å². The third kappa shape index (κ3) is 3.11. The summed E-state index contributed by atoms with van der Waals surface area (Å²) >= 11 is 3.56. The van der Waals surface area contributed by atoms with Gasteiger partial charge in [-0.1, -0.05) is 34.1 Å². The minimum absolute atomic E-state index is 0.134. The Labute approximate surface area is 109 Å². The fraction of sp³-hybridized carbons (Fsp3) is 0.231. The molecule has 0 fully saturated rings. The van der Waals surface area contributed by atoms with Crippen LogP contribution in [0, 0.1) is 0 Å². The van der Waals surface area contributed by atoms with Crippen LogP contribution < -0.4 is 5.32 Å². The molecule has 0 saturated carbocycles. The summed E-state index contributed by atoms with van der Waals surface area (Å²) in [5.74, 6) is 0.825. The van der Waals surface area contributed by atoms with Crippen molar-refractivity contribution < 1.29 is 0 Å². The second-order valence-electron chi connectivity index (χ2n) is 3.74. The van der Waals surface area contributed by atoms with Gasteiger partial charge in [0.2, 0.25) is 0 Å². The smallest absolute Gasteiger partial charge is 0.145 e. The Hall–Kier alpha value is -1.26. The standard InChI is InChI=1S/C13H14BrN3/c1-15-12(13-16-7-4-8-17-13)9-10-5-2-3-6-11(10)14/h2-8,12,15H,9H2,1H3. The quantitative estimate of drug-likeness (QED) is 0.941. The van der Waals surface area contributed by atoms with E-state index in [0.717, 1.165) is 16.7 Å². The first-order chi connectivity index (χ1) is 8.31. The molecule has 0 radical (unpaired) electrons. The number of likely N-dealkylation sites (N-methyl/N-ethyl adjacent to an activating group) is 1. The van der Waals surface area contributed by atoms with Gasteiger partial charge in [-0.05, 0) is 31.2 Å². The lowest BCUT2D eigenvalue weighted by Crippen LogP contribution is -2.21. The number of hydrogen-bond donors (Lipinski definition) is 1. The molecule has 1 heterocycles. The highest BCUT2D eigenvalue weighted by molar-refractivity contribution is 9.10. The van der Waals surface area contributed by atoms with E-state index in [0.29, 0.717) is 0 Å². The van der Waals surface area contributed by atoms with Crippen molar-refractivity contribution in [3.05, 3.63) is 58.6 Å². The van der Waals surface area contributed by atoms with E-state index in [4.69, 9.17) is 0 Å². The topological polar surface area (TPSA) is 37.8 Å². The molecule has 1 aromatic heterocycles. The van der Waals surface area contributed by atoms with Crippen LogP contribution in [-0.2, 0) is 6.42 Å². The zero-order chi connectivity index (χ0) is 12.1. The minimum atomic E-state index is 0.134. The first kappa shape index (κ1) is 12.2. The van der Waals surface area contributed by atoms with E-state index in [2.05, 4.69) is 37.3 Å². The lowest BCUT2D eigenvalue weighted by molar-refractivity contribution is 0.556. The van der Waals surface area contributed by atoms with Gasteiger partial charge in [0, 0.05) is 16.9 Å². The summed E-state index contributed by atoms with van der Waals surface area (Å²) in [6, 6.07) is 10.2. The first-order valence-corrected chi connectivity index (χ1v) is 6.28. The average molecular weight is 292 g/mol. The van der Waals surface area contributed by atoms with Crippen molar-refractivity contribution in [1.29, 1.82) is 0 Å². The average Bonchev–Trinajstić information content (AvgIpc) is 2.39. The predicted molar refractivity (Wildman–Crippen MR) is 71.7 cm³/mol. The van der Waals surface area contributed by atoms with E-state index in [1.165, 1.54) is 5.56 Å². The Balaban J connectivity index is 2.19. The zero-order valence-corrected chi connectivity index (χ0v) is 11.2. The van der Waals surface area contributed by atoms with Crippen molar-refractivity contribution in [3.8, 4) is 0 Å². The van der Waals surface area contributed by atoms with Crippen molar-refractivity contribution in [3.63, 3.8) is 0 Å². The molecule has 0 aliphatic heterocycles. The maximum Gasteiger partial charge on any atom is 0.145 e. The molecule has 0 saturated heterocycles. The van der Waals surface area contributed by atoms with Crippen LogP contribution >= 0.6 is 15.9 Å². The van der Waals surface area contributed by atoms with E-state index >= 15 is 0 Å². The van der Waals surface area contributed by atoms with Crippen molar-refractivity contribution in [2.75, 3.05) is 7.05 Å². The first-order valence-electron chi connectivity index (χ1n) is 5.49. The SMILES string of the molecule is CNC(Cc1ccccc1Br)c1ncccn1. The lowest BCUT2D eigenvalue weighted by Gasteiger charge is -2.15. The largest absolute Gasteiger partial charge is 0.310 e. The molecule has 0 aliphatic rings. The summed E-state index contributed by atoms with van der Waals surface area (Å²) in [5, 5.41) is 3.25. The normalized spacial score (nSPS) is 12.4. The molecule has 1 N–H and O–H groups in total. The van der Waals surface area contributed by atoms with Gasteiger partial charge in [-0.25, -0.2) is 9.97 Å². The van der Waals surface area contributed by atoms with Crippen LogP contribution in [0.25, 0.3) is 0 Å².